The maximum atomic E-state index is 10.3. The van der Waals surface area contributed by atoms with Gasteiger partial charge in [0.15, 0.2) is 0 Å². The summed E-state index contributed by atoms with van der Waals surface area (Å²) in [7, 11) is -3.92. The lowest BCUT2D eigenvalue weighted by Crippen LogP contribution is -2.23. The van der Waals surface area contributed by atoms with E-state index in [1.54, 1.807) is 0 Å². The lowest BCUT2D eigenvalue weighted by molar-refractivity contribution is -0.135. The normalized spacial score (nSPS) is 10.6. The number of hydrogen-bond donors (Lipinski definition) is 4. The Morgan fingerprint density at radius 3 is 2.31 bits per heavy atom. The summed E-state index contributed by atoms with van der Waals surface area (Å²) >= 11 is 0. The number of carbonyl (C=O) groups is 1. The quantitative estimate of drug-likeness (QED) is 0.369. The van der Waals surface area contributed by atoms with Gasteiger partial charge in [-0.1, -0.05) is 0 Å². The van der Waals surface area contributed by atoms with Crippen LogP contribution >= 0.6 is 20.0 Å². The molecule has 0 unspecified atom stereocenters. The zero-order chi connectivity index (χ0) is 9.61. The van der Waals surface area contributed by atoms with Gasteiger partial charge in [0, 0.05) is 0 Å². The van der Waals surface area contributed by atoms with Crippen LogP contribution in [0.3, 0.4) is 0 Å². The van der Waals surface area contributed by atoms with Gasteiger partial charge in [-0.25, -0.2) is 0 Å². The van der Waals surface area contributed by atoms with Crippen molar-refractivity contribution in [3.05, 3.63) is 0 Å². The van der Waals surface area contributed by atoms with Gasteiger partial charge in [-0.3, -0.25) is 9.36 Å². The van der Waals surface area contributed by atoms with Crippen molar-refractivity contribution in [3.63, 3.8) is 0 Å². The molecule has 0 aliphatic carbocycles. The topological polar surface area (TPSA) is 107 Å². The van der Waals surface area contributed by atoms with Crippen LogP contribution in [0, 0.1) is 0 Å². The molecule has 0 aromatic rings. The van der Waals surface area contributed by atoms with Crippen molar-refractivity contribution in [2.24, 2.45) is 0 Å². The lowest BCUT2D eigenvalue weighted by Gasteiger charge is -2.03. The van der Waals surface area contributed by atoms with Gasteiger partial charge < -0.3 is 20.2 Å². The molecule has 0 atom stereocenters. The second kappa shape index (κ2) is 7.29. The molecule has 0 aliphatic rings. The highest BCUT2D eigenvalue weighted by Crippen LogP contribution is 2.34. The summed E-state index contributed by atoms with van der Waals surface area (Å²) in [6, 6.07) is 0. The summed E-state index contributed by atoms with van der Waals surface area (Å²) in [6.45, 7) is 0.124. The average Bonchev–Trinajstić information content (AvgIpc) is 1.83. The Morgan fingerprint density at radius 2 is 1.92 bits per heavy atom. The van der Waals surface area contributed by atoms with Crippen molar-refractivity contribution < 1.29 is 24.3 Å². The number of rotatable bonds is 6. The van der Waals surface area contributed by atoms with Gasteiger partial charge in [-0.2, -0.15) is 0 Å². The molecule has 0 aromatic heterocycles. The van der Waals surface area contributed by atoms with E-state index in [0.29, 0.717) is 6.54 Å². The van der Waals surface area contributed by atoms with E-state index in [2.05, 4.69) is 5.32 Å². The minimum Gasteiger partial charge on any atom is -0.480 e. The highest BCUT2D eigenvalue weighted by molar-refractivity contribution is 7.51. The first-order valence-corrected chi connectivity index (χ1v) is 5.18. The van der Waals surface area contributed by atoms with E-state index < -0.39 is 13.6 Å². The first kappa shape index (κ1) is 15.3. The van der Waals surface area contributed by atoms with E-state index in [-0.39, 0.29) is 31.5 Å². The molecule has 6 nitrogen and oxygen atoms in total. The smallest absolute Gasteiger partial charge is 0.325 e. The molecule has 0 aliphatic heterocycles. The molecule has 4 N–H and O–H groups in total. The number of carboxylic acid groups (broad SMARTS) is 1. The van der Waals surface area contributed by atoms with Gasteiger partial charge in [-0.15, -0.1) is 12.4 Å². The molecule has 0 fully saturated rings. The molecule has 0 spiro atoms. The summed E-state index contributed by atoms with van der Waals surface area (Å²) in [5.74, 6) is -0.980. The molecule has 8 heteroatoms. The van der Waals surface area contributed by atoms with Gasteiger partial charge >= 0.3 is 13.6 Å². The minimum absolute atomic E-state index is 0. The number of nitrogens with one attached hydrogen (secondary N) is 1. The van der Waals surface area contributed by atoms with Gasteiger partial charge in [0.1, 0.15) is 0 Å². The maximum Gasteiger partial charge on any atom is 0.325 e. The molecular formula is C5H13ClNO5P. The Morgan fingerprint density at radius 1 is 1.38 bits per heavy atom. The zero-order valence-electron chi connectivity index (χ0n) is 6.84. The van der Waals surface area contributed by atoms with Gasteiger partial charge in [0.2, 0.25) is 0 Å². The first-order valence-electron chi connectivity index (χ1n) is 3.39. The molecule has 80 valence electrons. The van der Waals surface area contributed by atoms with E-state index in [1.165, 1.54) is 0 Å². The second-order valence-electron chi connectivity index (χ2n) is 2.31. The van der Waals surface area contributed by atoms with Gasteiger partial charge in [-0.05, 0) is 13.0 Å². The third kappa shape index (κ3) is 14.7. The van der Waals surface area contributed by atoms with Crippen molar-refractivity contribution in [2.45, 2.75) is 6.42 Å². The largest absolute Gasteiger partial charge is 0.480 e. The van der Waals surface area contributed by atoms with E-state index in [9.17, 15) is 9.36 Å². The van der Waals surface area contributed by atoms with Crippen LogP contribution < -0.4 is 5.32 Å². The molecule has 0 saturated carbocycles. The summed E-state index contributed by atoms with van der Waals surface area (Å²) in [5.41, 5.74) is 0. The highest BCUT2D eigenvalue weighted by Gasteiger charge is 2.10. The highest BCUT2D eigenvalue weighted by atomic mass is 35.5. The third-order valence-electron chi connectivity index (χ3n) is 1.08. The monoisotopic (exact) mass is 233 g/mol. The molecule has 0 rings (SSSR count). The number of aliphatic carboxylic acids is 1. The SMILES string of the molecule is Cl.O=C(O)CNCCCP(=O)(O)O. The zero-order valence-corrected chi connectivity index (χ0v) is 8.55. The van der Waals surface area contributed by atoms with Crippen molar-refractivity contribution >= 4 is 26.0 Å². The van der Waals surface area contributed by atoms with Crippen LogP contribution in [0.1, 0.15) is 6.42 Å². The fourth-order valence-electron chi connectivity index (χ4n) is 0.605. The summed E-state index contributed by atoms with van der Waals surface area (Å²) < 4.78 is 10.3. The molecular weight excluding hydrogens is 220 g/mol. The average molecular weight is 234 g/mol. The summed E-state index contributed by atoms with van der Waals surface area (Å²) in [5, 5.41) is 10.7. The fourth-order valence-corrected chi connectivity index (χ4v) is 1.18. The number of hydrogen-bond acceptors (Lipinski definition) is 3. The Hall–Kier alpha value is -0.130. The predicted molar refractivity (Wildman–Crippen MR) is 49.3 cm³/mol. The standard InChI is InChI=1S/C5H12NO5P.ClH/c7-5(8)4-6-2-1-3-12(9,10)11;/h6H,1-4H2,(H,7,8)(H2,9,10,11);1H. The number of carboxylic acids is 1. The van der Waals surface area contributed by atoms with Crippen LogP contribution in [-0.4, -0.2) is 40.1 Å². The molecule has 0 radical (unpaired) electrons. The van der Waals surface area contributed by atoms with E-state index in [1.807, 2.05) is 0 Å². The molecule has 0 heterocycles. The third-order valence-corrected chi connectivity index (χ3v) is 1.98. The molecule has 0 bridgehead atoms. The Balaban J connectivity index is 0. The van der Waals surface area contributed by atoms with E-state index in [4.69, 9.17) is 14.9 Å². The van der Waals surface area contributed by atoms with Crippen LogP contribution in [0.25, 0.3) is 0 Å². The van der Waals surface area contributed by atoms with Crippen LogP contribution in [0.5, 0.6) is 0 Å². The lowest BCUT2D eigenvalue weighted by atomic mass is 10.5. The van der Waals surface area contributed by atoms with Crippen molar-refractivity contribution in [1.82, 2.24) is 5.32 Å². The molecule has 0 amide bonds. The predicted octanol–water partition coefficient (Wildman–Crippen LogP) is -0.350. The van der Waals surface area contributed by atoms with Gasteiger partial charge in [0.05, 0.1) is 12.7 Å². The van der Waals surface area contributed by atoms with Crippen LogP contribution in [-0.2, 0) is 9.36 Å². The maximum absolute atomic E-state index is 10.3. The van der Waals surface area contributed by atoms with Crippen molar-refractivity contribution in [2.75, 3.05) is 19.3 Å². The molecule has 0 saturated heterocycles. The summed E-state index contributed by atoms with van der Waals surface area (Å²) in [4.78, 5) is 26.7. The fraction of sp³-hybridized carbons (Fsp3) is 0.800. The van der Waals surface area contributed by atoms with Crippen LogP contribution in [0.15, 0.2) is 0 Å². The molecule has 0 aromatic carbocycles. The van der Waals surface area contributed by atoms with Crippen LogP contribution in [0.2, 0.25) is 0 Å². The number of halogens is 1. The first-order chi connectivity index (χ1) is 5.42. The minimum atomic E-state index is -3.92. The van der Waals surface area contributed by atoms with Crippen LogP contribution in [0.4, 0.5) is 0 Å². The second-order valence-corrected chi connectivity index (χ2v) is 4.09. The molecule has 13 heavy (non-hydrogen) atoms. The van der Waals surface area contributed by atoms with E-state index in [0.717, 1.165) is 0 Å². The Labute approximate surface area is 81.9 Å². The Kier molecular flexibility index (Phi) is 8.61. The van der Waals surface area contributed by atoms with Gasteiger partial charge in [0.25, 0.3) is 0 Å². The van der Waals surface area contributed by atoms with E-state index >= 15 is 0 Å². The Bertz CT molecular complexity index is 193. The van der Waals surface area contributed by atoms with Crippen molar-refractivity contribution in [3.8, 4) is 0 Å². The van der Waals surface area contributed by atoms with Crippen molar-refractivity contribution in [1.29, 1.82) is 0 Å². The summed E-state index contributed by atoms with van der Waals surface area (Å²) in [6.07, 6.45) is 0.0666.